The molecule has 2 rings (SSSR count). The summed E-state index contributed by atoms with van der Waals surface area (Å²) in [6.07, 6.45) is 1.49. The molecule has 1 aliphatic rings. The summed E-state index contributed by atoms with van der Waals surface area (Å²) in [5.74, 6) is 0. The van der Waals surface area contributed by atoms with Crippen LogP contribution < -0.4 is 0 Å². The van der Waals surface area contributed by atoms with Crippen LogP contribution in [0.15, 0.2) is 24.3 Å². The van der Waals surface area contributed by atoms with Gasteiger partial charge in [0.1, 0.15) is 0 Å². The van der Waals surface area contributed by atoms with Crippen molar-refractivity contribution >= 4 is 5.69 Å². The summed E-state index contributed by atoms with van der Waals surface area (Å²) in [5, 5.41) is 10.4. The lowest BCUT2D eigenvalue weighted by Crippen LogP contribution is -1.96. The second kappa shape index (κ2) is 3.38. The van der Waals surface area contributed by atoms with Gasteiger partial charge < -0.3 is 4.74 Å². The third kappa shape index (κ3) is 1.90. The summed E-state index contributed by atoms with van der Waals surface area (Å²) >= 11 is 0. The summed E-state index contributed by atoms with van der Waals surface area (Å²) < 4.78 is 5.26. The minimum Gasteiger partial charge on any atom is -0.370 e. The fraction of sp³-hybridized carbons (Fsp3) is 0.400. The van der Waals surface area contributed by atoms with Gasteiger partial charge in [-0.05, 0) is 12.5 Å². The zero-order chi connectivity index (χ0) is 10.1. The summed E-state index contributed by atoms with van der Waals surface area (Å²) in [4.78, 5) is 9.99. The second-order valence-electron chi connectivity index (χ2n) is 3.51. The molecule has 2 unspecified atom stereocenters. The Morgan fingerprint density at radius 3 is 2.43 bits per heavy atom. The van der Waals surface area contributed by atoms with E-state index in [-0.39, 0.29) is 10.6 Å². The maximum atomic E-state index is 10.4. The molecule has 14 heavy (non-hydrogen) atoms. The summed E-state index contributed by atoms with van der Waals surface area (Å²) in [5.41, 5.74) is 1.23. The normalized spacial score (nSPS) is 24.6. The molecule has 0 amide bonds. The minimum atomic E-state index is -0.389. The van der Waals surface area contributed by atoms with Crippen molar-refractivity contribution in [2.24, 2.45) is 0 Å². The molecule has 0 radical (unpaired) electrons. The number of nitrogens with zero attached hydrogens (tertiary/aromatic N) is 1. The van der Waals surface area contributed by atoms with Gasteiger partial charge in [-0.25, -0.2) is 0 Å². The van der Waals surface area contributed by atoms with Crippen LogP contribution in [-0.4, -0.2) is 17.1 Å². The molecule has 1 heterocycles. The number of hydrogen-bond donors (Lipinski definition) is 0. The Kier molecular flexibility index (Phi) is 2.21. The molecule has 1 saturated heterocycles. The number of benzene rings is 1. The van der Waals surface area contributed by atoms with Crippen molar-refractivity contribution in [3.8, 4) is 0 Å². The number of rotatable bonds is 3. The Labute approximate surface area is 81.7 Å². The van der Waals surface area contributed by atoms with Gasteiger partial charge in [0.2, 0.25) is 0 Å². The predicted molar refractivity (Wildman–Crippen MR) is 51.1 cm³/mol. The Bertz CT molecular complexity index is 347. The number of nitro groups is 1. The second-order valence-corrected chi connectivity index (χ2v) is 3.51. The lowest BCUT2D eigenvalue weighted by atomic mass is 10.1. The smallest absolute Gasteiger partial charge is 0.269 e. The number of hydrogen-bond acceptors (Lipinski definition) is 3. The van der Waals surface area contributed by atoms with Crippen molar-refractivity contribution < 1.29 is 9.66 Å². The van der Waals surface area contributed by atoms with E-state index < -0.39 is 0 Å². The highest BCUT2D eigenvalue weighted by Crippen LogP contribution is 2.25. The maximum absolute atomic E-state index is 10.4. The molecule has 1 aromatic carbocycles. The first-order valence-corrected chi connectivity index (χ1v) is 4.55. The molecule has 0 saturated carbocycles. The standard InChI is InChI=1S/C10H11NO3/c1-7-10(14-7)6-8-2-4-9(5-3-8)11(12)13/h2-5,7,10H,6H2,1H3. The van der Waals surface area contributed by atoms with E-state index in [0.717, 1.165) is 12.0 Å². The monoisotopic (exact) mass is 193 g/mol. The molecule has 1 aliphatic heterocycles. The van der Waals surface area contributed by atoms with Gasteiger partial charge in [0.15, 0.2) is 0 Å². The van der Waals surface area contributed by atoms with Gasteiger partial charge in [0.25, 0.3) is 5.69 Å². The van der Waals surface area contributed by atoms with Crippen molar-refractivity contribution in [2.75, 3.05) is 0 Å². The Morgan fingerprint density at radius 2 is 2.00 bits per heavy atom. The zero-order valence-electron chi connectivity index (χ0n) is 7.84. The number of epoxide rings is 1. The number of ether oxygens (including phenoxy) is 1. The molecule has 4 heteroatoms. The quantitative estimate of drug-likeness (QED) is 0.418. The molecule has 0 spiro atoms. The lowest BCUT2D eigenvalue weighted by Gasteiger charge is -1.96. The SMILES string of the molecule is CC1OC1Cc1ccc([N+](=O)[O-])cc1. The van der Waals surface area contributed by atoms with E-state index in [1.807, 2.05) is 6.92 Å². The van der Waals surface area contributed by atoms with E-state index in [9.17, 15) is 10.1 Å². The Hall–Kier alpha value is -1.42. The van der Waals surface area contributed by atoms with Crippen LogP contribution in [0.4, 0.5) is 5.69 Å². The highest BCUT2D eigenvalue weighted by Gasteiger charge is 2.33. The first kappa shape index (κ1) is 9.15. The van der Waals surface area contributed by atoms with Gasteiger partial charge in [0, 0.05) is 18.6 Å². The number of nitro benzene ring substituents is 1. The van der Waals surface area contributed by atoms with E-state index in [0.29, 0.717) is 12.2 Å². The van der Waals surface area contributed by atoms with Gasteiger partial charge in [-0.3, -0.25) is 10.1 Å². The average molecular weight is 193 g/mol. The lowest BCUT2D eigenvalue weighted by molar-refractivity contribution is -0.384. The van der Waals surface area contributed by atoms with E-state index in [2.05, 4.69) is 0 Å². The average Bonchev–Trinajstić information content (AvgIpc) is 2.82. The van der Waals surface area contributed by atoms with Crippen molar-refractivity contribution in [3.63, 3.8) is 0 Å². The fourth-order valence-electron chi connectivity index (χ4n) is 1.43. The third-order valence-electron chi connectivity index (χ3n) is 2.42. The highest BCUT2D eigenvalue weighted by molar-refractivity contribution is 5.33. The van der Waals surface area contributed by atoms with Crippen LogP contribution >= 0.6 is 0 Å². The van der Waals surface area contributed by atoms with Crippen molar-refractivity contribution in [1.29, 1.82) is 0 Å². The van der Waals surface area contributed by atoms with Crippen LogP contribution in [0.3, 0.4) is 0 Å². The molecule has 1 aromatic rings. The molecule has 0 aromatic heterocycles. The van der Waals surface area contributed by atoms with Gasteiger partial charge >= 0.3 is 0 Å². The molecular weight excluding hydrogens is 182 g/mol. The van der Waals surface area contributed by atoms with Gasteiger partial charge in [-0.2, -0.15) is 0 Å². The molecule has 0 bridgehead atoms. The Balaban J connectivity index is 2.02. The van der Waals surface area contributed by atoms with Gasteiger partial charge in [0.05, 0.1) is 17.1 Å². The number of non-ortho nitro benzene ring substituents is 1. The van der Waals surface area contributed by atoms with Crippen molar-refractivity contribution in [3.05, 3.63) is 39.9 Å². The molecule has 0 N–H and O–H groups in total. The molecular formula is C10H11NO3. The van der Waals surface area contributed by atoms with Crippen molar-refractivity contribution in [2.45, 2.75) is 25.6 Å². The first-order chi connectivity index (χ1) is 6.66. The van der Waals surface area contributed by atoms with Crippen LogP contribution in [0.1, 0.15) is 12.5 Å². The van der Waals surface area contributed by atoms with Crippen molar-refractivity contribution in [1.82, 2.24) is 0 Å². The van der Waals surface area contributed by atoms with Crippen LogP contribution in [0.5, 0.6) is 0 Å². The fourth-order valence-corrected chi connectivity index (χ4v) is 1.43. The predicted octanol–water partition coefficient (Wildman–Crippen LogP) is 1.92. The largest absolute Gasteiger partial charge is 0.370 e. The van der Waals surface area contributed by atoms with Crippen LogP contribution in [0, 0.1) is 10.1 Å². The highest BCUT2D eigenvalue weighted by atomic mass is 16.6. The topological polar surface area (TPSA) is 55.7 Å². The summed E-state index contributed by atoms with van der Waals surface area (Å²) in [6.45, 7) is 2.02. The van der Waals surface area contributed by atoms with E-state index in [1.165, 1.54) is 12.1 Å². The molecule has 74 valence electrons. The van der Waals surface area contributed by atoms with Crippen LogP contribution in [0.25, 0.3) is 0 Å². The molecule has 4 nitrogen and oxygen atoms in total. The van der Waals surface area contributed by atoms with E-state index >= 15 is 0 Å². The summed E-state index contributed by atoms with van der Waals surface area (Å²) in [6, 6.07) is 6.63. The summed E-state index contributed by atoms with van der Waals surface area (Å²) in [7, 11) is 0. The van der Waals surface area contributed by atoms with Crippen LogP contribution in [-0.2, 0) is 11.2 Å². The van der Waals surface area contributed by atoms with Gasteiger partial charge in [-0.1, -0.05) is 12.1 Å². The molecule has 1 fully saturated rings. The van der Waals surface area contributed by atoms with Crippen LogP contribution in [0.2, 0.25) is 0 Å². The Morgan fingerprint density at radius 1 is 1.43 bits per heavy atom. The van der Waals surface area contributed by atoms with Gasteiger partial charge in [-0.15, -0.1) is 0 Å². The van der Waals surface area contributed by atoms with E-state index in [4.69, 9.17) is 4.74 Å². The van der Waals surface area contributed by atoms with E-state index in [1.54, 1.807) is 12.1 Å². The third-order valence-corrected chi connectivity index (χ3v) is 2.42. The maximum Gasteiger partial charge on any atom is 0.269 e. The zero-order valence-corrected chi connectivity index (χ0v) is 7.84. The molecule has 0 aliphatic carbocycles. The minimum absolute atomic E-state index is 0.138. The first-order valence-electron chi connectivity index (χ1n) is 4.55. The molecule has 2 atom stereocenters.